The molecule has 16 heavy (non-hydrogen) atoms. The average molecular weight is 220 g/mol. The van der Waals surface area contributed by atoms with Crippen molar-refractivity contribution in [2.45, 2.75) is 20.3 Å². The number of rotatable bonds is 3. The van der Waals surface area contributed by atoms with Crippen LogP contribution in [0.15, 0.2) is 36.1 Å². The second-order valence-electron chi connectivity index (χ2n) is 4.59. The molecule has 0 aromatic carbocycles. The molecule has 1 fully saturated rings. The Kier molecular flexibility index (Phi) is 3.93. The Morgan fingerprint density at radius 2 is 2.06 bits per heavy atom. The highest BCUT2D eigenvalue weighted by Gasteiger charge is 2.31. The van der Waals surface area contributed by atoms with Gasteiger partial charge in [0.25, 0.3) is 0 Å². The molecule has 0 aromatic heterocycles. The topological polar surface area (TPSA) is 55.1 Å². The molecule has 1 heterocycles. The summed E-state index contributed by atoms with van der Waals surface area (Å²) in [6.45, 7) is 12.5. The zero-order valence-electron chi connectivity index (χ0n) is 10.0. The van der Waals surface area contributed by atoms with Crippen LogP contribution in [0, 0.1) is 11.8 Å². The van der Waals surface area contributed by atoms with Crippen LogP contribution in [0.25, 0.3) is 0 Å². The summed E-state index contributed by atoms with van der Waals surface area (Å²) in [7, 11) is 0. The lowest BCUT2D eigenvalue weighted by Crippen LogP contribution is -2.42. The third-order valence-electron chi connectivity index (χ3n) is 2.84. The molecule has 2 atom stereocenters. The van der Waals surface area contributed by atoms with Gasteiger partial charge in [0.05, 0.1) is 0 Å². The van der Waals surface area contributed by atoms with E-state index in [-0.39, 0.29) is 17.7 Å². The highest BCUT2D eigenvalue weighted by Crippen LogP contribution is 2.29. The third kappa shape index (κ3) is 2.99. The molecule has 1 saturated heterocycles. The quantitative estimate of drug-likeness (QED) is 0.712. The van der Waals surface area contributed by atoms with Crippen molar-refractivity contribution in [2.24, 2.45) is 17.6 Å². The molecule has 0 spiro atoms. The molecular weight excluding hydrogens is 200 g/mol. The standard InChI is InChI=1S/C13H20N2O/c1-8(2)5-9(3)12-7-15-13(16)6-11(12)10(4)14/h5,11-12H,3-4,6-7,14H2,1-2H3,(H,15,16)/t11-,12-/m1/s1. The second kappa shape index (κ2) is 5.01. The van der Waals surface area contributed by atoms with Crippen molar-refractivity contribution in [3.05, 3.63) is 36.1 Å². The molecule has 1 rings (SSSR count). The molecule has 0 aliphatic carbocycles. The second-order valence-corrected chi connectivity index (χ2v) is 4.59. The van der Waals surface area contributed by atoms with Crippen LogP contribution >= 0.6 is 0 Å². The van der Waals surface area contributed by atoms with Gasteiger partial charge in [-0.1, -0.05) is 24.8 Å². The molecule has 0 bridgehead atoms. The zero-order chi connectivity index (χ0) is 12.3. The van der Waals surface area contributed by atoms with Crippen molar-refractivity contribution in [2.75, 3.05) is 6.54 Å². The van der Waals surface area contributed by atoms with Crippen molar-refractivity contribution in [1.82, 2.24) is 5.32 Å². The molecule has 3 N–H and O–H groups in total. The first kappa shape index (κ1) is 12.6. The van der Waals surface area contributed by atoms with E-state index >= 15 is 0 Å². The Bertz CT molecular complexity index is 351. The van der Waals surface area contributed by atoms with Crippen LogP contribution in [-0.4, -0.2) is 12.5 Å². The number of nitrogens with two attached hydrogens (primary N) is 1. The SMILES string of the molecule is C=C(N)[C@H]1CC(=O)NC[C@@H]1C(=C)C=C(C)C. The normalized spacial score (nSPS) is 24.5. The first-order chi connectivity index (χ1) is 7.41. The summed E-state index contributed by atoms with van der Waals surface area (Å²) in [5.41, 5.74) is 8.53. The van der Waals surface area contributed by atoms with Gasteiger partial charge in [-0.15, -0.1) is 0 Å². The molecule has 88 valence electrons. The highest BCUT2D eigenvalue weighted by atomic mass is 16.1. The van der Waals surface area contributed by atoms with Gasteiger partial charge in [-0.05, 0) is 19.4 Å². The van der Waals surface area contributed by atoms with Crippen LogP contribution in [0.2, 0.25) is 0 Å². The minimum atomic E-state index is 0.0110. The van der Waals surface area contributed by atoms with Crippen molar-refractivity contribution < 1.29 is 4.79 Å². The van der Waals surface area contributed by atoms with E-state index < -0.39 is 0 Å². The van der Waals surface area contributed by atoms with Gasteiger partial charge >= 0.3 is 0 Å². The van der Waals surface area contributed by atoms with E-state index in [1.807, 2.05) is 19.9 Å². The minimum absolute atomic E-state index is 0.0110. The lowest BCUT2D eigenvalue weighted by molar-refractivity contribution is -0.123. The van der Waals surface area contributed by atoms with Crippen molar-refractivity contribution in [3.8, 4) is 0 Å². The Morgan fingerprint density at radius 1 is 1.44 bits per heavy atom. The average Bonchev–Trinajstić information content (AvgIpc) is 2.16. The number of amides is 1. The number of carbonyl (C=O) groups is 1. The predicted molar refractivity (Wildman–Crippen MR) is 66.5 cm³/mol. The van der Waals surface area contributed by atoms with Gasteiger partial charge in [0, 0.05) is 30.5 Å². The molecule has 1 aliphatic heterocycles. The van der Waals surface area contributed by atoms with Crippen LogP contribution in [0.3, 0.4) is 0 Å². The van der Waals surface area contributed by atoms with Crippen molar-refractivity contribution >= 4 is 5.91 Å². The van der Waals surface area contributed by atoms with E-state index in [4.69, 9.17) is 5.73 Å². The fourth-order valence-electron chi connectivity index (χ4n) is 2.04. The zero-order valence-corrected chi connectivity index (χ0v) is 10.0. The van der Waals surface area contributed by atoms with Crippen molar-refractivity contribution in [1.29, 1.82) is 0 Å². The van der Waals surface area contributed by atoms with E-state index in [2.05, 4.69) is 18.5 Å². The first-order valence-electron chi connectivity index (χ1n) is 5.46. The van der Waals surface area contributed by atoms with E-state index in [0.29, 0.717) is 18.7 Å². The molecule has 1 aliphatic rings. The molecule has 0 radical (unpaired) electrons. The maximum Gasteiger partial charge on any atom is 0.220 e. The Hall–Kier alpha value is -1.51. The number of hydrogen-bond acceptors (Lipinski definition) is 2. The van der Waals surface area contributed by atoms with Gasteiger partial charge in [-0.25, -0.2) is 0 Å². The molecule has 1 amide bonds. The van der Waals surface area contributed by atoms with Crippen LogP contribution < -0.4 is 11.1 Å². The van der Waals surface area contributed by atoms with E-state index in [0.717, 1.165) is 5.57 Å². The van der Waals surface area contributed by atoms with Crippen LogP contribution in [0.1, 0.15) is 20.3 Å². The van der Waals surface area contributed by atoms with Crippen LogP contribution in [0.5, 0.6) is 0 Å². The monoisotopic (exact) mass is 220 g/mol. The summed E-state index contributed by atoms with van der Waals surface area (Å²) in [6, 6.07) is 0. The summed E-state index contributed by atoms with van der Waals surface area (Å²) < 4.78 is 0. The first-order valence-corrected chi connectivity index (χ1v) is 5.46. The fraction of sp³-hybridized carbons (Fsp3) is 0.462. The Morgan fingerprint density at radius 3 is 2.56 bits per heavy atom. The van der Waals surface area contributed by atoms with Gasteiger partial charge in [0.1, 0.15) is 0 Å². The largest absolute Gasteiger partial charge is 0.402 e. The molecular formula is C13H20N2O. The maximum atomic E-state index is 11.3. The summed E-state index contributed by atoms with van der Waals surface area (Å²) in [5, 5.41) is 2.85. The molecule has 3 nitrogen and oxygen atoms in total. The summed E-state index contributed by atoms with van der Waals surface area (Å²) >= 11 is 0. The molecule has 0 unspecified atom stereocenters. The number of hydrogen-bond donors (Lipinski definition) is 2. The molecule has 3 heteroatoms. The maximum absolute atomic E-state index is 11.3. The number of piperidine rings is 1. The van der Waals surface area contributed by atoms with Crippen LogP contribution in [0.4, 0.5) is 0 Å². The summed E-state index contributed by atoms with van der Waals surface area (Å²) in [5.74, 6) is 0.222. The van der Waals surface area contributed by atoms with Gasteiger partial charge in [-0.3, -0.25) is 4.79 Å². The van der Waals surface area contributed by atoms with Gasteiger partial charge in [0.15, 0.2) is 0 Å². The summed E-state index contributed by atoms with van der Waals surface area (Å²) in [4.78, 5) is 11.3. The molecule has 0 aromatic rings. The van der Waals surface area contributed by atoms with Crippen LogP contribution in [-0.2, 0) is 4.79 Å². The van der Waals surface area contributed by atoms with E-state index in [9.17, 15) is 4.79 Å². The smallest absolute Gasteiger partial charge is 0.220 e. The van der Waals surface area contributed by atoms with E-state index in [1.54, 1.807) is 0 Å². The molecule has 0 saturated carbocycles. The number of allylic oxidation sites excluding steroid dienone is 3. The number of nitrogens with one attached hydrogen (secondary N) is 1. The summed E-state index contributed by atoms with van der Waals surface area (Å²) in [6.07, 6.45) is 2.45. The highest BCUT2D eigenvalue weighted by molar-refractivity contribution is 5.77. The predicted octanol–water partition coefficient (Wildman–Crippen LogP) is 1.73. The fourth-order valence-corrected chi connectivity index (χ4v) is 2.04. The number of carbonyl (C=O) groups excluding carboxylic acids is 1. The van der Waals surface area contributed by atoms with Gasteiger partial charge in [0.2, 0.25) is 5.91 Å². The Labute approximate surface area is 97.1 Å². The van der Waals surface area contributed by atoms with Gasteiger partial charge < -0.3 is 11.1 Å². The lowest BCUT2D eigenvalue weighted by atomic mass is 9.79. The Balaban J connectivity index is 2.85. The third-order valence-corrected chi connectivity index (χ3v) is 2.84. The minimum Gasteiger partial charge on any atom is -0.402 e. The van der Waals surface area contributed by atoms with Gasteiger partial charge in [-0.2, -0.15) is 0 Å². The lowest BCUT2D eigenvalue weighted by Gasteiger charge is -2.32. The van der Waals surface area contributed by atoms with Crippen molar-refractivity contribution in [3.63, 3.8) is 0 Å². The van der Waals surface area contributed by atoms with E-state index in [1.165, 1.54) is 5.57 Å².